The molecule has 0 aliphatic heterocycles. The molecule has 2 nitrogen and oxygen atoms in total. The van der Waals surface area contributed by atoms with Crippen molar-refractivity contribution >= 4 is 5.97 Å². The molecule has 22 heavy (non-hydrogen) atoms. The van der Waals surface area contributed by atoms with E-state index in [1.54, 1.807) is 18.2 Å². The van der Waals surface area contributed by atoms with E-state index in [1.165, 1.54) is 43.8 Å². The zero-order valence-electron chi connectivity index (χ0n) is 13.2. The molecule has 0 bridgehead atoms. The van der Waals surface area contributed by atoms with Crippen molar-refractivity contribution in [2.24, 2.45) is 5.92 Å². The Bertz CT molecular complexity index is 546. The molecule has 1 saturated carbocycles. The number of esters is 1. The molecule has 0 heterocycles. The zero-order chi connectivity index (χ0) is 15.6. The molecule has 0 amide bonds. The first-order chi connectivity index (χ1) is 10.8. The Morgan fingerprint density at radius 3 is 2.50 bits per heavy atom. The van der Waals surface area contributed by atoms with Crippen molar-refractivity contribution in [1.82, 2.24) is 0 Å². The van der Waals surface area contributed by atoms with Gasteiger partial charge in [0.05, 0.1) is 0 Å². The Hall–Kier alpha value is -2.09. The van der Waals surface area contributed by atoms with Crippen molar-refractivity contribution in [3.63, 3.8) is 0 Å². The van der Waals surface area contributed by atoms with Crippen molar-refractivity contribution < 1.29 is 9.53 Å². The van der Waals surface area contributed by atoms with Crippen molar-refractivity contribution in [2.45, 2.75) is 39.0 Å². The second-order valence-electron chi connectivity index (χ2n) is 5.59. The molecule has 0 unspecified atom stereocenters. The summed E-state index contributed by atoms with van der Waals surface area (Å²) in [4.78, 5) is 11.8. The predicted molar refractivity (Wildman–Crippen MR) is 90.7 cm³/mol. The minimum atomic E-state index is -0.342. The average Bonchev–Trinajstić information content (AvgIpc) is 2.56. The topological polar surface area (TPSA) is 26.3 Å². The van der Waals surface area contributed by atoms with Gasteiger partial charge < -0.3 is 4.74 Å². The zero-order valence-corrected chi connectivity index (χ0v) is 13.2. The second-order valence-corrected chi connectivity index (χ2v) is 5.59. The lowest BCUT2D eigenvalue weighted by Crippen LogP contribution is -2.08. The van der Waals surface area contributed by atoms with Crippen molar-refractivity contribution in [3.05, 3.63) is 66.3 Å². The van der Waals surface area contributed by atoms with Crippen molar-refractivity contribution in [2.75, 3.05) is 0 Å². The Morgan fingerprint density at radius 2 is 1.82 bits per heavy atom. The number of allylic oxidation sites excluding steroid dienone is 5. The predicted octanol–water partition coefficient (Wildman–Crippen LogP) is 5.23. The summed E-state index contributed by atoms with van der Waals surface area (Å²) >= 11 is 0. The monoisotopic (exact) mass is 296 g/mol. The fraction of sp³-hybridized carbons (Fsp3) is 0.350. The third kappa shape index (κ3) is 5.36. The van der Waals surface area contributed by atoms with E-state index in [1.807, 2.05) is 31.2 Å². The van der Waals surface area contributed by atoms with Crippen LogP contribution in [-0.2, 0) is 4.79 Å². The van der Waals surface area contributed by atoms with E-state index in [9.17, 15) is 4.79 Å². The van der Waals surface area contributed by atoms with Gasteiger partial charge in [0.15, 0.2) is 0 Å². The molecular weight excluding hydrogens is 272 g/mol. The number of ether oxygens (including phenoxy) is 1. The van der Waals surface area contributed by atoms with Crippen LogP contribution in [0.4, 0.5) is 0 Å². The van der Waals surface area contributed by atoms with Gasteiger partial charge >= 0.3 is 5.97 Å². The summed E-state index contributed by atoms with van der Waals surface area (Å²) in [5.74, 6) is 0.854. The van der Waals surface area contributed by atoms with Crippen LogP contribution < -0.4 is 4.74 Å². The molecule has 1 aliphatic rings. The number of para-hydroxylation sites is 1. The molecule has 116 valence electrons. The Morgan fingerprint density at radius 1 is 1.09 bits per heavy atom. The highest BCUT2D eigenvalue weighted by Crippen LogP contribution is 2.30. The van der Waals surface area contributed by atoms with E-state index < -0.39 is 0 Å². The number of carbonyl (C=O) groups is 1. The smallest absolute Gasteiger partial charge is 0.336 e. The molecule has 0 saturated heterocycles. The van der Waals surface area contributed by atoms with Crippen LogP contribution in [0.5, 0.6) is 5.75 Å². The molecule has 0 atom stereocenters. The van der Waals surface area contributed by atoms with E-state index in [0.717, 1.165) is 0 Å². The highest BCUT2D eigenvalue weighted by molar-refractivity contribution is 5.84. The molecule has 1 fully saturated rings. The van der Waals surface area contributed by atoms with Crippen LogP contribution in [0.25, 0.3) is 0 Å². The number of carbonyl (C=O) groups excluding carboxylic acids is 1. The highest BCUT2D eigenvalue weighted by atomic mass is 16.5. The van der Waals surface area contributed by atoms with Gasteiger partial charge in [-0.05, 0) is 43.4 Å². The maximum Gasteiger partial charge on any atom is 0.336 e. The van der Waals surface area contributed by atoms with Crippen molar-refractivity contribution in [1.29, 1.82) is 0 Å². The molecule has 0 radical (unpaired) electrons. The Labute approximate surface area is 133 Å². The average molecular weight is 296 g/mol. The first kappa shape index (κ1) is 16.3. The fourth-order valence-electron chi connectivity index (χ4n) is 2.83. The van der Waals surface area contributed by atoms with E-state index in [2.05, 4.69) is 12.2 Å². The quantitative estimate of drug-likeness (QED) is 0.322. The Kier molecular flexibility index (Phi) is 6.69. The molecule has 1 aromatic carbocycles. The molecule has 2 rings (SSSR count). The lowest BCUT2D eigenvalue weighted by molar-refractivity contribution is -0.128. The largest absolute Gasteiger partial charge is 0.423 e. The van der Waals surface area contributed by atoms with E-state index in [4.69, 9.17) is 4.74 Å². The molecule has 1 aliphatic carbocycles. The lowest BCUT2D eigenvalue weighted by atomic mass is 9.83. The maximum absolute atomic E-state index is 11.8. The summed E-state index contributed by atoms with van der Waals surface area (Å²) in [6.07, 6.45) is 16.0. The highest BCUT2D eigenvalue weighted by Gasteiger charge is 2.15. The van der Waals surface area contributed by atoms with Crippen LogP contribution in [0.2, 0.25) is 0 Å². The summed E-state index contributed by atoms with van der Waals surface area (Å²) < 4.78 is 5.23. The maximum atomic E-state index is 11.8. The molecular formula is C20H24O2. The van der Waals surface area contributed by atoms with Gasteiger partial charge in [-0.2, -0.15) is 0 Å². The summed E-state index contributed by atoms with van der Waals surface area (Å²) in [5.41, 5.74) is 1.31. The second kappa shape index (κ2) is 9.04. The van der Waals surface area contributed by atoms with Crippen LogP contribution in [0.15, 0.2) is 66.3 Å². The third-order valence-electron chi connectivity index (χ3n) is 3.92. The summed E-state index contributed by atoms with van der Waals surface area (Å²) in [5, 5.41) is 0. The van der Waals surface area contributed by atoms with Gasteiger partial charge in [-0.3, -0.25) is 0 Å². The minimum Gasteiger partial charge on any atom is -0.423 e. The van der Waals surface area contributed by atoms with Crippen molar-refractivity contribution in [3.8, 4) is 5.75 Å². The number of hydrogen-bond acceptors (Lipinski definition) is 2. The SMILES string of the molecule is C\C=C/C(=C\C=C\C(=O)Oc1ccccc1)C1CCCCC1. The number of rotatable bonds is 5. The van der Waals surface area contributed by atoms with Gasteiger partial charge in [-0.15, -0.1) is 0 Å². The van der Waals surface area contributed by atoms with Gasteiger partial charge in [-0.1, -0.05) is 61.8 Å². The standard InChI is InChI=1S/C20H24O2/c1-2-10-17(18-11-5-3-6-12-18)13-9-16-20(21)22-19-14-7-4-8-15-19/h2,4,7-10,13-16,18H,3,5-6,11-12H2,1H3/b10-2-,16-9+,17-13+. The van der Waals surface area contributed by atoms with Gasteiger partial charge in [-0.25, -0.2) is 4.79 Å². The van der Waals surface area contributed by atoms with Crippen LogP contribution in [0, 0.1) is 5.92 Å². The summed E-state index contributed by atoms with van der Waals surface area (Å²) in [6, 6.07) is 9.13. The molecule has 1 aromatic rings. The fourth-order valence-corrected chi connectivity index (χ4v) is 2.83. The summed E-state index contributed by atoms with van der Waals surface area (Å²) in [7, 11) is 0. The van der Waals surface area contributed by atoms with Crippen LogP contribution >= 0.6 is 0 Å². The van der Waals surface area contributed by atoms with Gasteiger partial charge in [0.2, 0.25) is 0 Å². The Balaban J connectivity index is 1.95. The number of benzene rings is 1. The van der Waals surface area contributed by atoms with Gasteiger partial charge in [0.25, 0.3) is 0 Å². The van der Waals surface area contributed by atoms with Gasteiger partial charge in [0, 0.05) is 6.08 Å². The first-order valence-electron chi connectivity index (χ1n) is 8.07. The third-order valence-corrected chi connectivity index (χ3v) is 3.92. The van der Waals surface area contributed by atoms with E-state index >= 15 is 0 Å². The minimum absolute atomic E-state index is 0.342. The molecule has 0 N–H and O–H groups in total. The van der Waals surface area contributed by atoms with E-state index in [0.29, 0.717) is 11.7 Å². The van der Waals surface area contributed by atoms with Crippen LogP contribution in [0.1, 0.15) is 39.0 Å². The van der Waals surface area contributed by atoms with E-state index in [-0.39, 0.29) is 5.97 Å². The normalized spacial score (nSPS) is 17.2. The first-order valence-corrected chi connectivity index (χ1v) is 8.07. The molecule has 2 heteroatoms. The van der Waals surface area contributed by atoms with Crippen LogP contribution in [0.3, 0.4) is 0 Å². The summed E-state index contributed by atoms with van der Waals surface area (Å²) in [6.45, 7) is 2.03. The van der Waals surface area contributed by atoms with Crippen LogP contribution in [-0.4, -0.2) is 5.97 Å². The number of hydrogen-bond donors (Lipinski definition) is 0. The molecule has 0 spiro atoms. The van der Waals surface area contributed by atoms with Gasteiger partial charge in [0.1, 0.15) is 5.75 Å². The molecule has 0 aromatic heterocycles. The lowest BCUT2D eigenvalue weighted by Gasteiger charge is -2.22.